The van der Waals surface area contributed by atoms with Gasteiger partial charge in [0.1, 0.15) is 0 Å². The van der Waals surface area contributed by atoms with Crippen LogP contribution in [0.25, 0.3) is 0 Å². The second kappa shape index (κ2) is 4.88. The summed E-state index contributed by atoms with van der Waals surface area (Å²) in [7, 11) is 0. The topological polar surface area (TPSA) is 38.9 Å². The molecule has 0 atom stereocenters. The molecule has 3 heteroatoms. The molecule has 0 aliphatic rings. The minimum absolute atomic E-state index is 0.588. The summed E-state index contributed by atoms with van der Waals surface area (Å²) in [6.07, 6.45) is 0.930. The number of aryl methyl sites for hydroxylation is 1. The second-order valence-corrected chi connectivity index (χ2v) is 5.75. The molecule has 1 aromatic heterocycles. The van der Waals surface area contributed by atoms with Crippen molar-refractivity contribution in [2.24, 2.45) is 0 Å². The molecule has 0 saturated heterocycles. The number of thiazole rings is 1. The van der Waals surface area contributed by atoms with Gasteiger partial charge in [-0.2, -0.15) is 0 Å². The van der Waals surface area contributed by atoms with Crippen molar-refractivity contribution < 1.29 is 0 Å². The maximum Gasteiger partial charge on any atom is 0.180 e. The highest BCUT2D eigenvalue weighted by Crippen LogP contribution is 2.23. The number of nitrogens with two attached hydrogens (primary N) is 1. The number of nitrogen functional groups attached to an aromatic ring is 1. The van der Waals surface area contributed by atoms with Gasteiger partial charge in [-0.15, -0.1) is 11.3 Å². The molecule has 2 nitrogen and oxygen atoms in total. The molecule has 0 saturated carbocycles. The predicted octanol–water partition coefficient (Wildman–Crippen LogP) is 3.75. The molecule has 2 N–H and O–H groups in total. The molecule has 2 aromatic rings. The lowest BCUT2D eigenvalue weighted by molar-refractivity contribution is 0.865. The molecule has 90 valence electrons. The first-order chi connectivity index (χ1) is 8.06. The van der Waals surface area contributed by atoms with Crippen LogP contribution in [0.2, 0.25) is 0 Å². The number of nitrogens with zero attached hydrogens (tertiary/aromatic N) is 1. The zero-order chi connectivity index (χ0) is 12.4. The third-order valence-electron chi connectivity index (χ3n) is 2.92. The highest BCUT2D eigenvalue weighted by Gasteiger charge is 2.06. The Morgan fingerprint density at radius 1 is 1.24 bits per heavy atom. The zero-order valence-electron chi connectivity index (χ0n) is 10.5. The first-order valence-electron chi connectivity index (χ1n) is 5.87. The molecule has 0 bridgehead atoms. The van der Waals surface area contributed by atoms with E-state index in [1.807, 2.05) is 6.92 Å². The summed E-state index contributed by atoms with van der Waals surface area (Å²) < 4.78 is 0. The van der Waals surface area contributed by atoms with Gasteiger partial charge in [-0.05, 0) is 24.0 Å². The van der Waals surface area contributed by atoms with Crippen molar-refractivity contribution in [2.45, 2.75) is 33.1 Å². The van der Waals surface area contributed by atoms with Crippen LogP contribution in [0, 0.1) is 6.92 Å². The summed E-state index contributed by atoms with van der Waals surface area (Å²) in [5.74, 6) is 0.588. The van der Waals surface area contributed by atoms with Crippen molar-refractivity contribution in [1.29, 1.82) is 0 Å². The van der Waals surface area contributed by atoms with E-state index in [9.17, 15) is 0 Å². The summed E-state index contributed by atoms with van der Waals surface area (Å²) in [6, 6.07) is 8.81. The van der Waals surface area contributed by atoms with Gasteiger partial charge in [0.2, 0.25) is 0 Å². The van der Waals surface area contributed by atoms with Crippen LogP contribution in [0.15, 0.2) is 24.3 Å². The first-order valence-corrected chi connectivity index (χ1v) is 6.68. The van der Waals surface area contributed by atoms with Gasteiger partial charge in [0, 0.05) is 11.3 Å². The van der Waals surface area contributed by atoms with Gasteiger partial charge < -0.3 is 5.73 Å². The third-order valence-corrected chi connectivity index (χ3v) is 3.91. The molecule has 0 amide bonds. The van der Waals surface area contributed by atoms with Gasteiger partial charge in [0.25, 0.3) is 0 Å². The van der Waals surface area contributed by atoms with E-state index in [-0.39, 0.29) is 0 Å². The molecule has 0 spiro atoms. The van der Waals surface area contributed by atoms with Crippen molar-refractivity contribution in [2.75, 3.05) is 5.73 Å². The van der Waals surface area contributed by atoms with E-state index in [0.29, 0.717) is 11.0 Å². The molecular formula is C14H18N2S. The predicted molar refractivity (Wildman–Crippen MR) is 74.6 cm³/mol. The Hall–Kier alpha value is -1.35. The Bertz CT molecular complexity index is 497. The van der Waals surface area contributed by atoms with Crippen molar-refractivity contribution >= 4 is 16.5 Å². The van der Waals surface area contributed by atoms with Gasteiger partial charge >= 0.3 is 0 Å². The van der Waals surface area contributed by atoms with Gasteiger partial charge in [-0.1, -0.05) is 38.1 Å². The van der Waals surface area contributed by atoms with E-state index in [1.54, 1.807) is 11.3 Å². The average Bonchev–Trinajstić information content (AvgIpc) is 2.58. The summed E-state index contributed by atoms with van der Waals surface area (Å²) in [5, 5.41) is 0.663. The Morgan fingerprint density at radius 2 is 1.88 bits per heavy atom. The smallest absolute Gasteiger partial charge is 0.180 e. The summed E-state index contributed by atoms with van der Waals surface area (Å²) >= 11 is 1.59. The van der Waals surface area contributed by atoms with Gasteiger partial charge in [0.05, 0.1) is 5.69 Å². The van der Waals surface area contributed by atoms with Crippen LogP contribution < -0.4 is 5.73 Å². The first kappa shape index (κ1) is 12.1. The fourth-order valence-corrected chi connectivity index (χ4v) is 2.69. The normalized spacial score (nSPS) is 11.1. The monoisotopic (exact) mass is 246 g/mol. The fraction of sp³-hybridized carbons (Fsp3) is 0.357. The Morgan fingerprint density at radius 3 is 2.35 bits per heavy atom. The maximum atomic E-state index is 5.70. The van der Waals surface area contributed by atoms with E-state index in [0.717, 1.165) is 12.1 Å². The molecule has 0 radical (unpaired) electrons. The maximum absolute atomic E-state index is 5.70. The van der Waals surface area contributed by atoms with E-state index >= 15 is 0 Å². The molecule has 1 aromatic carbocycles. The van der Waals surface area contributed by atoms with Crippen molar-refractivity contribution in [3.63, 3.8) is 0 Å². The van der Waals surface area contributed by atoms with Crippen molar-refractivity contribution in [3.8, 4) is 0 Å². The fourth-order valence-electron chi connectivity index (χ4n) is 1.82. The minimum Gasteiger partial charge on any atom is -0.375 e. The number of benzene rings is 1. The standard InChI is InChI=1S/C14H18N2S/c1-9(2)12-6-4-11(5-7-12)8-13-10(3)16-14(15)17-13/h4-7,9H,8H2,1-3H3,(H2,15,16). The lowest BCUT2D eigenvalue weighted by Gasteiger charge is -2.06. The van der Waals surface area contributed by atoms with E-state index in [1.165, 1.54) is 16.0 Å². The zero-order valence-corrected chi connectivity index (χ0v) is 11.3. The molecule has 0 aliphatic carbocycles. The molecular weight excluding hydrogens is 228 g/mol. The molecule has 2 rings (SSSR count). The van der Waals surface area contributed by atoms with Crippen LogP contribution >= 0.6 is 11.3 Å². The summed E-state index contributed by atoms with van der Waals surface area (Å²) in [6.45, 7) is 6.44. The number of rotatable bonds is 3. The summed E-state index contributed by atoms with van der Waals surface area (Å²) in [5.41, 5.74) is 9.46. The lowest BCUT2D eigenvalue weighted by atomic mass is 10.0. The Balaban J connectivity index is 2.16. The molecule has 0 unspecified atom stereocenters. The number of hydrogen-bond acceptors (Lipinski definition) is 3. The van der Waals surface area contributed by atoms with Crippen LogP contribution in [-0.4, -0.2) is 4.98 Å². The lowest BCUT2D eigenvalue weighted by Crippen LogP contribution is -1.91. The highest BCUT2D eigenvalue weighted by molar-refractivity contribution is 7.15. The SMILES string of the molecule is Cc1nc(N)sc1Cc1ccc(C(C)C)cc1. The van der Waals surface area contributed by atoms with Crippen LogP contribution in [0.4, 0.5) is 5.13 Å². The van der Waals surface area contributed by atoms with Crippen LogP contribution in [0.3, 0.4) is 0 Å². The second-order valence-electron chi connectivity index (χ2n) is 4.63. The highest BCUT2D eigenvalue weighted by atomic mass is 32.1. The Kier molecular flexibility index (Phi) is 3.48. The average molecular weight is 246 g/mol. The van der Waals surface area contributed by atoms with Crippen molar-refractivity contribution in [1.82, 2.24) is 4.98 Å². The van der Waals surface area contributed by atoms with Crippen LogP contribution in [-0.2, 0) is 6.42 Å². The van der Waals surface area contributed by atoms with Gasteiger partial charge in [0.15, 0.2) is 5.13 Å². The van der Waals surface area contributed by atoms with Crippen molar-refractivity contribution in [3.05, 3.63) is 46.0 Å². The molecule has 0 aliphatic heterocycles. The molecule has 1 heterocycles. The quantitative estimate of drug-likeness (QED) is 0.895. The number of aromatic nitrogens is 1. The third kappa shape index (κ3) is 2.86. The van der Waals surface area contributed by atoms with E-state index in [2.05, 4.69) is 43.1 Å². The summed E-state index contributed by atoms with van der Waals surface area (Å²) in [4.78, 5) is 5.51. The van der Waals surface area contributed by atoms with Crippen LogP contribution in [0.1, 0.15) is 41.5 Å². The van der Waals surface area contributed by atoms with E-state index in [4.69, 9.17) is 5.73 Å². The minimum atomic E-state index is 0.588. The van der Waals surface area contributed by atoms with E-state index < -0.39 is 0 Å². The van der Waals surface area contributed by atoms with Gasteiger partial charge in [-0.3, -0.25) is 0 Å². The number of anilines is 1. The number of hydrogen-bond donors (Lipinski definition) is 1. The van der Waals surface area contributed by atoms with Gasteiger partial charge in [-0.25, -0.2) is 4.98 Å². The Labute approximate surface area is 107 Å². The van der Waals surface area contributed by atoms with Crippen LogP contribution in [0.5, 0.6) is 0 Å². The molecule has 17 heavy (non-hydrogen) atoms. The largest absolute Gasteiger partial charge is 0.375 e. The molecule has 0 fully saturated rings.